The molecule has 0 bridgehead atoms. The number of carbonyl (C=O) groups excluding carboxylic acids is 1. The van der Waals surface area contributed by atoms with Crippen LogP contribution in [-0.2, 0) is 0 Å². The average molecular weight is 291 g/mol. The minimum atomic E-state index is -0.0489. The molecule has 1 aromatic carbocycles. The third-order valence-electron chi connectivity index (χ3n) is 3.47. The van der Waals surface area contributed by atoms with Gasteiger partial charge in [-0.1, -0.05) is 18.2 Å². The standard InChI is InChI=1S/C17H13N3O2/c1-11-15(12(2)21)10-20-16(11)17(13(8-18)9-19-20)22-14-6-4-3-5-7-14/h3-7,9-10H,1-2H3. The minimum absolute atomic E-state index is 0.0489. The van der Waals surface area contributed by atoms with Crippen LogP contribution in [-0.4, -0.2) is 15.4 Å². The molecule has 0 atom stereocenters. The van der Waals surface area contributed by atoms with Crippen molar-refractivity contribution in [1.82, 2.24) is 9.61 Å². The Morgan fingerprint density at radius 2 is 2.05 bits per heavy atom. The van der Waals surface area contributed by atoms with E-state index in [2.05, 4.69) is 11.2 Å². The number of rotatable bonds is 3. The number of fused-ring (bicyclic) bond motifs is 1. The van der Waals surface area contributed by atoms with Crippen LogP contribution in [0.2, 0.25) is 0 Å². The summed E-state index contributed by atoms with van der Waals surface area (Å²) < 4.78 is 7.47. The van der Waals surface area contributed by atoms with Crippen LogP contribution in [0.25, 0.3) is 5.52 Å². The Bertz CT molecular complexity index is 905. The molecule has 22 heavy (non-hydrogen) atoms. The van der Waals surface area contributed by atoms with Crippen molar-refractivity contribution < 1.29 is 9.53 Å². The van der Waals surface area contributed by atoms with E-state index in [-0.39, 0.29) is 5.78 Å². The van der Waals surface area contributed by atoms with Crippen molar-refractivity contribution in [2.24, 2.45) is 0 Å². The number of ketones is 1. The van der Waals surface area contributed by atoms with E-state index in [9.17, 15) is 10.1 Å². The summed E-state index contributed by atoms with van der Waals surface area (Å²) in [6.07, 6.45) is 3.10. The highest BCUT2D eigenvalue weighted by atomic mass is 16.5. The number of aryl methyl sites for hydroxylation is 1. The molecule has 0 spiro atoms. The molecule has 0 aliphatic carbocycles. The second kappa shape index (κ2) is 5.34. The average Bonchev–Trinajstić information content (AvgIpc) is 2.86. The summed E-state index contributed by atoms with van der Waals surface area (Å²) in [5, 5.41) is 13.5. The zero-order valence-electron chi connectivity index (χ0n) is 12.2. The second-order valence-electron chi connectivity index (χ2n) is 4.93. The Morgan fingerprint density at radius 1 is 1.32 bits per heavy atom. The first-order valence-electron chi connectivity index (χ1n) is 6.76. The summed E-state index contributed by atoms with van der Waals surface area (Å²) in [7, 11) is 0. The van der Waals surface area contributed by atoms with Crippen LogP contribution in [0, 0.1) is 18.3 Å². The van der Waals surface area contributed by atoms with Crippen molar-refractivity contribution in [2.75, 3.05) is 0 Å². The van der Waals surface area contributed by atoms with Crippen LogP contribution in [0.5, 0.6) is 11.5 Å². The number of para-hydroxylation sites is 1. The minimum Gasteiger partial charge on any atom is -0.454 e. The molecule has 0 unspecified atom stereocenters. The first-order chi connectivity index (χ1) is 10.6. The van der Waals surface area contributed by atoms with Gasteiger partial charge in [0.15, 0.2) is 11.5 Å². The van der Waals surface area contributed by atoms with Crippen LogP contribution in [0.4, 0.5) is 0 Å². The molecule has 3 aromatic rings. The van der Waals surface area contributed by atoms with Crippen molar-refractivity contribution in [1.29, 1.82) is 5.26 Å². The molecule has 0 saturated carbocycles. The summed E-state index contributed by atoms with van der Waals surface area (Å²) in [5.41, 5.74) is 2.28. The Morgan fingerprint density at radius 3 is 2.68 bits per heavy atom. The van der Waals surface area contributed by atoms with E-state index in [0.29, 0.717) is 28.1 Å². The number of Topliss-reactive ketones (excluding diaryl/α,β-unsaturated/α-hetero) is 1. The van der Waals surface area contributed by atoms with Gasteiger partial charge in [0.1, 0.15) is 22.9 Å². The van der Waals surface area contributed by atoms with Gasteiger partial charge in [-0.3, -0.25) is 4.79 Å². The molecule has 0 saturated heterocycles. The van der Waals surface area contributed by atoms with Gasteiger partial charge in [0, 0.05) is 11.8 Å². The molecular weight excluding hydrogens is 278 g/mol. The number of benzene rings is 1. The van der Waals surface area contributed by atoms with E-state index in [0.717, 1.165) is 5.56 Å². The maximum Gasteiger partial charge on any atom is 0.172 e. The van der Waals surface area contributed by atoms with E-state index in [1.807, 2.05) is 37.3 Å². The second-order valence-corrected chi connectivity index (χ2v) is 4.93. The fourth-order valence-electron chi connectivity index (χ4n) is 2.40. The largest absolute Gasteiger partial charge is 0.454 e. The Labute approximate surface area is 127 Å². The zero-order valence-corrected chi connectivity index (χ0v) is 12.2. The molecule has 0 radical (unpaired) electrons. The third kappa shape index (κ3) is 2.21. The first-order valence-corrected chi connectivity index (χ1v) is 6.76. The quantitative estimate of drug-likeness (QED) is 0.692. The van der Waals surface area contributed by atoms with Crippen LogP contribution >= 0.6 is 0 Å². The summed E-state index contributed by atoms with van der Waals surface area (Å²) in [6, 6.07) is 11.3. The Kier molecular flexibility index (Phi) is 3.36. The van der Waals surface area contributed by atoms with E-state index in [4.69, 9.17) is 4.74 Å². The van der Waals surface area contributed by atoms with Gasteiger partial charge in [-0.05, 0) is 31.5 Å². The van der Waals surface area contributed by atoms with Crippen LogP contribution in [0.3, 0.4) is 0 Å². The molecule has 5 heteroatoms. The zero-order chi connectivity index (χ0) is 15.7. The molecule has 0 N–H and O–H groups in total. The monoisotopic (exact) mass is 291 g/mol. The molecule has 2 aromatic heterocycles. The topological polar surface area (TPSA) is 67.4 Å². The summed E-state index contributed by atoms with van der Waals surface area (Å²) in [4.78, 5) is 11.7. The molecule has 0 aliphatic rings. The Balaban J connectivity index is 2.26. The number of hydrogen-bond acceptors (Lipinski definition) is 4. The predicted molar refractivity (Wildman–Crippen MR) is 81.2 cm³/mol. The molecule has 2 heterocycles. The van der Waals surface area contributed by atoms with E-state index in [1.54, 1.807) is 10.7 Å². The van der Waals surface area contributed by atoms with E-state index >= 15 is 0 Å². The van der Waals surface area contributed by atoms with Gasteiger partial charge in [0.05, 0.1) is 6.20 Å². The lowest BCUT2D eigenvalue weighted by Crippen LogP contribution is -1.97. The fraction of sp³-hybridized carbons (Fsp3) is 0.118. The van der Waals surface area contributed by atoms with Gasteiger partial charge in [0.25, 0.3) is 0 Å². The smallest absolute Gasteiger partial charge is 0.172 e. The van der Waals surface area contributed by atoms with Crippen molar-refractivity contribution in [3.8, 4) is 17.6 Å². The van der Waals surface area contributed by atoms with Crippen molar-refractivity contribution >= 4 is 11.3 Å². The van der Waals surface area contributed by atoms with E-state index < -0.39 is 0 Å². The lowest BCUT2D eigenvalue weighted by atomic mass is 10.1. The molecule has 108 valence electrons. The van der Waals surface area contributed by atoms with Gasteiger partial charge >= 0.3 is 0 Å². The van der Waals surface area contributed by atoms with Crippen molar-refractivity contribution in [3.05, 3.63) is 59.4 Å². The summed E-state index contributed by atoms with van der Waals surface area (Å²) in [6.45, 7) is 3.33. The molecule has 0 fully saturated rings. The summed E-state index contributed by atoms with van der Waals surface area (Å²) >= 11 is 0. The van der Waals surface area contributed by atoms with Crippen LogP contribution in [0.1, 0.15) is 28.4 Å². The first kappa shape index (κ1) is 13.8. The molecule has 3 rings (SSSR count). The highest BCUT2D eigenvalue weighted by Crippen LogP contribution is 2.33. The third-order valence-corrected chi connectivity index (χ3v) is 3.47. The lowest BCUT2D eigenvalue weighted by Gasteiger charge is -2.09. The van der Waals surface area contributed by atoms with Crippen molar-refractivity contribution in [2.45, 2.75) is 13.8 Å². The number of ether oxygens (including phenoxy) is 1. The highest BCUT2D eigenvalue weighted by Gasteiger charge is 2.19. The van der Waals surface area contributed by atoms with Crippen LogP contribution in [0.15, 0.2) is 42.7 Å². The summed E-state index contributed by atoms with van der Waals surface area (Å²) in [5.74, 6) is 0.984. The number of nitrogens with zero attached hydrogens (tertiary/aromatic N) is 3. The van der Waals surface area contributed by atoms with E-state index in [1.165, 1.54) is 13.1 Å². The SMILES string of the molecule is CC(=O)c1cn2ncc(C#N)c(Oc3ccccc3)c2c1C. The van der Waals surface area contributed by atoms with Gasteiger partial charge < -0.3 is 4.74 Å². The fourth-order valence-corrected chi connectivity index (χ4v) is 2.40. The number of nitriles is 1. The predicted octanol–water partition coefficient (Wildman–Crippen LogP) is 3.51. The molecule has 0 amide bonds. The number of aromatic nitrogens is 2. The van der Waals surface area contributed by atoms with Gasteiger partial charge in [-0.15, -0.1) is 0 Å². The number of carbonyl (C=O) groups is 1. The van der Waals surface area contributed by atoms with Gasteiger partial charge in [0.2, 0.25) is 0 Å². The molecule has 0 aliphatic heterocycles. The molecule has 5 nitrogen and oxygen atoms in total. The van der Waals surface area contributed by atoms with Crippen molar-refractivity contribution in [3.63, 3.8) is 0 Å². The molecular formula is C17H13N3O2. The van der Waals surface area contributed by atoms with Crippen LogP contribution < -0.4 is 4.74 Å². The maximum absolute atomic E-state index is 11.7. The van der Waals surface area contributed by atoms with Gasteiger partial charge in [-0.25, -0.2) is 4.52 Å². The Hall–Kier alpha value is -3.13. The maximum atomic E-state index is 11.7. The highest BCUT2D eigenvalue weighted by molar-refractivity contribution is 5.98. The lowest BCUT2D eigenvalue weighted by molar-refractivity contribution is 0.101. The van der Waals surface area contributed by atoms with Gasteiger partial charge in [-0.2, -0.15) is 10.4 Å². The number of hydrogen-bond donors (Lipinski definition) is 0. The normalized spacial score (nSPS) is 10.4.